The summed E-state index contributed by atoms with van der Waals surface area (Å²) in [4.78, 5) is 0. The maximum atomic E-state index is 8.97. The zero-order valence-electron chi connectivity index (χ0n) is 7.63. The van der Waals surface area contributed by atoms with Gasteiger partial charge in [-0.3, -0.25) is 0 Å². The summed E-state index contributed by atoms with van der Waals surface area (Å²) in [6, 6.07) is 8.09. The molecule has 1 rings (SSSR count). The molecule has 0 saturated heterocycles. The molecule has 1 unspecified atom stereocenters. The molecule has 0 aliphatic heterocycles. The molecule has 13 heavy (non-hydrogen) atoms. The maximum absolute atomic E-state index is 8.97. The van der Waals surface area contributed by atoms with E-state index in [0.717, 1.165) is 16.6 Å². The van der Waals surface area contributed by atoms with E-state index in [1.807, 2.05) is 31.2 Å². The van der Waals surface area contributed by atoms with Gasteiger partial charge >= 0.3 is 0 Å². The van der Waals surface area contributed by atoms with Crippen LogP contribution in [-0.4, -0.2) is 17.8 Å². The van der Waals surface area contributed by atoms with Crippen molar-refractivity contribution in [3.63, 3.8) is 0 Å². The van der Waals surface area contributed by atoms with E-state index in [1.54, 1.807) is 0 Å². The molecule has 0 aliphatic rings. The standard InChI is InChI=1S/C10H14BrNO/c1-2-9(7-13)12-10-5-3-8(11)4-6-10/h3-6,9,12-13H,2,7H2,1H3. The third kappa shape index (κ3) is 3.36. The van der Waals surface area contributed by atoms with Crippen molar-refractivity contribution in [2.45, 2.75) is 19.4 Å². The summed E-state index contributed by atoms with van der Waals surface area (Å²) >= 11 is 3.37. The molecule has 1 atom stereocenters. The largest absolute Gasteiger partial charge is 0.394 e. The minimum atomic E-state index is 0.154. The van der Waals surface area contributed by atoms with Crippen molar-refractivity contribution in [1.82, 2.24) is 0 Å². The molecule has 0 aliphatic carbocycles. The van der Waals surface area contributed by atoms with Crippen LogP contribution in [-0.2, 0) is 0 Å². The molecule has 0 saturated carbocycles. The van der Waals surface area contributed by atoms with E-state index < -0.39 is 0 Å². The average molecular weight is 244 g/mol. The van der Waals surface area contributed by atoms with Gasteiger partial charge in [0.25, 0.3) is 0 Å². The predicted octanol–water partition coefficient (Wildman–Crippen LogP) is 2.63. The Kier molecular flexibility index (Phi) is 4.25. The van der Waals surface area contributed by atoms with Crippen LogP contribution in [0.15, 0.2) is 28.7 Å². The summed E-state index contributed by atoms with van der Waals surface area (Å²) in [6.07, 6.45) is 0.923. The summed E-state index contributed by atoms with van der Waals surface area (Å²) in [6.45, 7) is 2.22. The number of nitrogens with one attached hydrogen (secondary N) is 1. The van der Waals surface area contributed by atoms with E-state index in [2.05, 4.69) is 21.2 Å². The maximum Gasteiger partial charge on any atom is 0.0632 e. The number of hydrogen-bond acceptors (Lipinski definition) is 2. The van der Waals surface area contributed by atoms with Gasteiger partial charge in [-0.1, -0.05) is 22.9 Å². The van der Waals surface area contributed by atoms with Gasteiger partial charge in [-0.05, 0) is 30.7 Å². The lowest BCUT2D eigenvalue weighted by atomic mass is 10.2. The molecule has 0 amide bonds. The Labute approximate surface area is 87.1 Å². The van der Waals surface area contributed by atoms with Gasteiger partial charge in [0, 0.05) is 16.2 Å². The first-order valence-corrected chi connectivity index (χ1v) is 5.18. The first-order chi connectivity index (χ1) is 6.26. The van der Waals surface area contributed by atoms with Crippen LogP contribution in [0.1, 0.15) is 13.3 Å². The molecular weight excluding hydrogens is 230 g/mol. The van der Waals surface area contributed by atoms with Crippen molar-refractivity contribution in [3.05, 3.63) is 28.7 Å². The molecular formula is C10H14BrNO. The highest BCUT2D eigenvalue weighted by Crippen LogP contribution is 2.15. The van der Waals surface area contributed by atoms with E-state index in [-0.39, 0.29) is 12.6 Å². The normalized spacial score (nSPS) is 12.5. The SMILES string of the molecule is CCC(CO)Nc1ccc(Br)cc1. The number of halogens is 1. The summed E-state index contributed by atoms with van der Waals surface area (Å²) in [7, 11) is 0. The Hall–Kier alpha value is -0.540. The Balaban J connectivity index is 2.58. The number of hydrogen-bond donors (Lipinski definition) is 2. The van der Waals surface area contributed by atoms with Crippen LogP contribution >= 0.6 is 15.9 Å². The zero-order chi connectivity index (χ0) is 9.68. The van der Waals surface area contributed by atoms with E-state index in [4.69, 9.17) is 5.11 Å². The Bertz CT molecular complexity index is 244. The molecule has 72 valence electrons. The summed E-state index contributed by atoms with van der Waals surface area (Å²) in [5.74, 6) is 0. The second-order valence-electron chi connectivity index (χ2n) is 2.94. The summed E-state index contributed by atoms with van der Waals surface area (Å²) < 4.78 is 1.06. The van der Waals surface area contributed by atoms with Crippen molar-refractivity contribution >= 4 is 21.6 Å². The molecule has 2 N–H and O–H groups in total. The molecule has 0 heterocycles. The summed E-state index contributed by atoms with van der Waals surface area (Å²) in [5, 5.41) is 12.2. The molecule has 0 spiro atoms. The van der Waals surface area contributed by atoms with Crippen molar-refractivity contribution in [3.8, 4) is 0 Å². The minimum absolute atomic E-state index is 0.154. The van der Waals surface area contributed by atoms with Crippen molar-refractivity contribution in [1.29, 1.82) is 0 Å². The number of benzene rings is 1. The smallest absolute Gasteiger partial charge is 0.0632 e. The molecule has 3 heteroatoms. The highest BCUT2D eigenvalue weighted by molar-refractivity contribution is 9.10. The van der Waals surface area contributed by atoms with Gasteiger partial charge in [0.05, 0.1) is 6.61 Å². The predicted molar refractivity (Wildman–Crippen MR) is 58.9 cm³/mol. The molecule has 0 bridgehead atoms. The molecule has 1 aromatic rings. The summed E-state index contributed by atoms with van der Waals surface area (Å²) in [5.41, 5.74) is 1.05. The van der Waals surface area contributed by atoms with E-state index >= 15 is 0 Å². The third-order valence-electron chi connectivity index (χ3n) is 1.93. The van der Waals surface area contributed by atoms with Crippen LogP contribution in [0.3, 0.4) is 0 Å². The number of aliphatic hydroxyl groups is 1. The number of aliphatic hydroxyl groups excluding tert-OH is 1. The van der Waals surface area contributed by atoms with Crippen LogP contribution in [0.4, 0.5) is 5.69 Å². The number of anilines is 1. The fraction of sp³-hybridized carbons (Fsp3) is 0.400. The van der Waals surface area contributed by atoms with Gasteiger partial charge in [0.1, 0.15) is 0 Å². The third-order valence-corrected chi connectivity index (χ3v) is 2.46. The van der Waals surface area contributed by atoms with Crippen molar-refractivity contribution in [2.24, 2.45) is 0 Å². The minimum Gasteiger partial charge on any atom is -0.394 e. The first-order valence-electron chi connectivity index (χ1n) is 4.39. The van der Waals surface area contributed by atoms with Gasteiger partial charge in [-0.2, -0.15) is 0 Å². The molecule has 1 aromatic carbocycles. The second-order valence-corrected chi connectivity index (χ2v) is 3.85. The van der Waals surface area contributed by atoms with Crippen LogP contribution < -0.4 is 5.32 Å². The fourth-order valence-corrected chi connectivity index (χ4v) is 1.32. The monoisotopic (exact) mass is 243 g/mol. The van der Waals surface area contributed by atoms with Crippen LogP contribution in [0.2, 0.25) is 0 Å². The fourth-order valence-electron chi connectivity index (χ4n) is 1.06. The van der Waals surface area contributed by atoms with Crippen molar-refractivity contribution < 1.29 is 5.11 Å². The highest BCUT2D eigenvalue weighted by atomic mass is 79.9. The Morgan fingerprint density at radius 1 is 1.38 bits per heavy atom. The molecule has 2 nitrogen and oxygen atoms in total. The zero-order valence-corrected chi connectivity index (χ0v) is 9.21. The second kappa shape index (κ2) is 5.25. The topological polar surface area (TPSA) is 32.3 Å². The van der Waals surface area contributed by atoms with Gasteiger partial charge < -0.3 is 10.4 Å². The average Bonchev–Trinajstić information content (AvgIpc) is 2.17. The Morgan fingerprint density at radius 3 is 2.46 bits per heavy atom. The number of rotatable bonds is 4. The molecule has 0 fully saturated rings. The van der Waals surface area contributed by atoms with Crippen LogP contribution in [0.25, 0.3) is 0 Å². The molecule has 0 aromatic heterocycles. The van der Waals surface area contributed by atoms with E-state index in [9.17, 15) is 0 Å². The lowest BCUT2D eigenvalue weighted by molar-refractivity contribution is 0.272. The highest BCUT2D eigenvalue weighted by Gasteiger charge is 2.02. The Morgan fingerprint density at radius 2 is 2.00 bits per heavy atom. The van der Waals surface area contributed by atoms with E-state index in [0.29, 0.717) is 0 Å². The quantitative estimate of drug-likeness (QED) is 0.853. The van der Waals surface area contributed by atoms with Crippen LogP contribution in [0.5, 0.6) is 0 Å². The van der Waals surface area contributed by atoms with Gasteiger partial charge in [0.15, 0.2) is 0 Å². The first kappa shape index (κ1) is 10.5. The van der Waals surface area contributed by atoms with Gasteiger partial charge in [0.2, 0.25) is 0 Å². The van der Waals surface area contributed by atoms with Crippen molar-refractivity contribution in [2.75, 3.05) is 11.9 Å². The van der Waals surface area contributed by atoms with E-state index in [1.165, 1.54) is 0 Å². The lowest BCUT2D eigenvalue weighted by Gasteiger charge is -2.15. The molecule has 0 radical (unpaired) electrons. The van der Waals surface area contributed by atoms with Gasteiger partial charge in [-0.25, -0.2) is 0 Å². The lowest BCUT2D eigenvalue weighted by Crippen LogP contribution is -2.22. The van der Waals surface area contributed by atoms with Gasteiger partial charge in [-0.15, -0.1) is 0 Å². The van der Waals surface area contributed by atoms with Crippen LogP contribution in [0, 0.1) is 0 Å².